The van der Waals surface area contributed by atoms with Gasteiger partial charge in [0.05, 0.1) is 0 Å². The minimum Gasteiger partial charge on any atom is -0.369 e. The van der Waals surface area contributed by atoms with Gasteiger partial charge in [0.15, 0.2) is 0 Å². The van der Waals surface area contributed by atoms with Crippen LogP contribution in [0.15, 0.2) is 54.9 Å². The number of carbonyl (C=O) groups excluding carboxylic acids is 3. The van der Waals surface area contributed by atoms with Crippen LogP contribution < -0.4 is 15.1 Å². The highest BCUT2D eigenvalue weighted by Gasteiger charge is 2.48. The van der Waals surface area contributed by atoms with E-state index in [4.69, 9.17) is 9.97 Å². The lowest BCUT2D eigenvalue weighted by molar-refractivity contribution is -0.136. The highest BCUT2D eigenvalue weighted by Crippen LogP contribution is 2.53. The number of imide groups is 1. The van der Waals surface area contributed by atoms with Crippen molar-refractivity contribution in [2.24, 2.45) is 17.8 Å². The van der Waals surface area contributed by atoms with E-state index in [-0.39, 0.29) is 36.2 Å². The molecule has 1 aliphatic carbocycles. The second kappa shape index (κ2) is 17.5. The molecule has 7 aliphatic rings. The van der Waals surface area contributed by atoms with Crippen molar-refractivity contribution in [3.8, 4) is 0 Å². The van der Waals surface area contributed by atoms with Crippen molar-refractivity contribution in [2.45, 2.75) is 108 Å². The molecule has 5 fully saturated rings. The van der Waals surface area contributed by atoms with Gasteiger partial charge in [0.2, 0.25) is 17.8 Å². The summed E-state index contributed by atoms with van der Waals surface area (Å²) in [5.74, 6) is 2.39. The monoisotopic (exact) mass is 860 g/mol. The normalized spacial score (nSPS) is 28.0. The fraction of sp³-hybridized carbons (Fsp3) is 0.620. The lowest BCUT2D eigenvalue weighted by Gasteiger charge is -2.48. The Morgan fingerprint density at radius 3 is 2.17 bits per heavy atom. The van der Waals surface area contributed by atoms with Crippen molar-refractivity contribution < 1.29 is 18.8 Å². The Morgan fingerprint density at radius 2 is 1.48 bits per heavy atom. The predicted molar refractivity (Wildman–Crippen MR) is 242 cm³/mol. The van der Waals surface area contributed by atoms with Crippen LogP contribution in [0.5, 0.6) is 0 Å². The number of nitrogens with one attached hydrogen (secondary N) is 1. The van der Waals surface area contributed by atoms with Crippen LogP contribution in [-0.2, 0) is 22.6 Å². The summed E-state index contributed by atoms with van der Waals surface area (Å²) < 4.78 is 15.3. The minimum absolute atomic E-state index is 0.0930. The Hall–Kier alpha value is -4.46. The number of alkyl halides is 1. The molecule has 3 unspecified atom stereocenters. The highest BCUT2D eigenvalue weighted by molar-refractivity contribution is 6.05. The van der Waals surface area contributed by atoms with Crippen LogP contribution in [0.2, 0.25) is 0 Å². The van der Waals surface area contributed by atoms with Crippen molar-refractivity contribution in [2.75, 3.05) is 81.8 Å². The van der Waals surface area contributed by atoms with Crippen LogP contribution in [-0.4, -0.2) is 137 Å². The van der Waals surface area contributed by atoms with Gasteiger partial charge in [0, 0.05) is 113 Å². The SMILES string of the molecule is C[C@@H]1CC2c3ccccc3CC2[C@@H](c2cnc(N3CCC(CN4CCC(CN5CCN(c6ccc7c(c6)CN(C6CCC(=O)NC6=O)C7=O)CC5)CC4)CC3)nc2)N1CC(C)(C)F. The third kappa shape index (κ3) is 8.86. The molecule has 336 valence electrons. The van der Waals surface area contributed by atoms with Gasteiger partial charge >= 0.3 is 0 Å². The Morgan fingerprint density at radius 1 is 0.794 bits per heavy atom. The summed E-state index contributed by atoms with van der Waals surface area (Å²) in [5, 5.41) is 2.39. The van der Waals surface area contributed by atoms with Crippen molar-refractivity contribution in [1.82, 2.24) is 34.9 Å². The van der Waals surface area contributed by atoms with E-state index in [2.05, 4.69) is 85.5 Å². The van der Waals surface area contributed by atoms with Crippen LogP contribution >= 0.6 is 0 Å². The standard InChI is InChI=1S/C50H66FN9O3/c1-33-24-42-40-7-5-4-6-36(40)26-43(42)46(60(33)32-50(2,3)51)38-27-52-49(53-28-38)58-18-14-35(15-19-58)29-55-16-12-34(13-17-55)30-56-20-22-57(23-21-56)39-8-9-41-37(25-39)31-59(48(41)63)44-10-11-45(61)54-47(44)62/h4-9,25,27-28,33-35,42-44,46H,10-24,26,29-32H2,1-3H3,(H,54,61,62)/t33-,42?,43?,44?,46-/m1/s1. The van der Waals surface area contributed by atoms with Gasteiger partial charge in [-0.3, -0.25) is 29.5 Å². The molecule has 1 aromatic heterocycles. The molecule has 5 saturated heterocycles. The molecular formula is C50H66FN9O3. The number of benzene rings is 2. The van der Waals surface area contributed by atoms with E-state index in [0.29, 0.717) is 42.8 Å². The summed E-state index contributed by atoms with van der Waals surface area (Å²) in [4.78, 5) is 61.5. The van der Waals surface area contributed by atoms with E-state index in [1.807, 2.05) is 6.07 Å². The Kier molecular flexibility index (Phi) is 11.8. The first-order chi connectivity index (χ1) is 30.4. The molecule has 2 aromatic carbocycles. The Balaban J connectivity index is 0.664. The van der Waals surface area contributed by atoms with E-state index in [9.17, 15) is 14.4 Å². The van der Waals surface area contributed by atoms with Gasteiger partial charge in [-0.1, -0.05) is 24.3 Å². The summed E-state index contributed by atoms with van der Waals surface area (Å²) in [5.41, 5.74) is 5.54. The molecule has 3 amide bonds. The van der Waals surface area contributed by atoms with E-state index < -0.39 is 11.7 Å². The molecule has 5 atom stereocenters. The summed E-state index contributed by atoms with van der Waals surface area (Å²) in [6.07, 6.45) is 11.7. The molecule has 6 aliphatic heterocycles. The van der Waals surface area contributed by atoms with E-state index in [1.54, 1.807) is 18.7 Å². The smallest absolute Gasteiger partial charge is 0.255 e. The molecule has 0 bridgehead atoms. The second-order valence-corrected chi connectivity index (χ2v) is 20.6. The van der Waals surface area contributed by atoms with Gasteiger partial charge in [-0.25, -0.2) is 14.4 Å². The molecule has 7 heterocycles. The molecule has 0 spiro atoms. The zero-order valence-electron chi connectivity index (χ0n) is 37.6. The largest absolute Gasteiger partial charge is 0.369 e. The fourth-order valence-corrected chi connectivity index (χ4v) is 12.5. The number of aromatic nitrogens is 2. The number of rotatable bonds is 10. The zero-order chi connectivity index (χ0) is 43.4. The van der Waals surface area contributed by atoms with Crippen LogP contribution in [0, 0.1) is 17.8 Å². The van der Waals surface area contributed by atoms with E-state index in [0.717, 1.165) is 93.6 Å². The van der Waals surface area contributed by atoms with Crippen molar-refractivity contribution in [3.05, 3.63) is 82.7 Å². The molecule has 63 heavy (non-hydrogen) atoms. The fourth-order valence-electron chi connectivity index (χ4n) is 12.5. The topological polar surface area (TPSA) is 108 Å². The maximum Gasteiger partial charge on any atom is 0.255 e. The van der Waals surface area contributed by atoms with Gasteiger partial charge in [-0.15, -0.1) is 0 Å². The molecule has 0 radical (unpaired) electrons. The molecule has 12 nitrogen and oxygen atoms in total. The van der Waals surface area contributed by atoms with Gasteiger partial charge in [0.1, 0.15) is 11.7 Å². The average Bonchev–Trinajstić information content (AvgIpc) is 3.81. The molecule has 10 rings (SSSR count). The number of carbonyl (C=O) groups is 3. The summed E-state index contributed by atoms with van der Waals surface area (Å²) >= 11 is 0. The number of hydrogen-bond donors (Lipinski definition) is 1. The van der Waals surface area contributed by atoms with Crippen molar-refractivity contribution >= 4 is 29.4 Å². The highest BCUT2D eigenvalue weighted by atomic mass is 19.1. The Labute approximate surface area is 372 Å². The second-order valence-electron chi connectivity index (χ2n) is 20.6. The molecule has 0 saturated carbocycles. The Bertz CT molecular complexity index is 2160. The van der Waals surface area contributed by atoms with Crippen LogP contribution in [0.3, 0.4) is 0 Å². The number of hydrogen-bond acceptors (Lipinski definition) is 10. The third-order valence-corrected chi connectivity index (χ3v) is 15.8. The van der Waals surface area contributed by atoms with Gasteiger partial charge in [0.25, 0.3) is 5.91 Å². The van der Waals surface area contributed by atoms with E-state index >= 15 is 4.39 Å². The number of nitrogens with zero attached hydrogens (tertiary/aromatic N) is 8. The predicted octanol–water partition coefficient (Wildman–Crippen LogP) is 5.83. The minimum atomic E-state index is -1.28. The number of amides is 3. The van der Waals surface area contributed by atoms with Crippen LogP contribution in [0.4, 0.5) is 16.0 Å². The van der Waals surface area contributed by atoms with Crippen LogP contribution in [0.1, 0.15) is 110 Å². The number of fused-ring (bicyclic) bond motifs is 4. The van der Waals surface area contributed by atoms with Gasteiger partial charge in [-0.05, 0) is 137 Å². The molecule has 13 heteroatoms. The van der Waals surface area contributed by atoms with Crippen LogP contribution in [0.25, 0.3) is 0 Å². The lowest BCUT2D eigenvalue weighted by Crippen LogP contribution is -2.52. The summed E-state index contributed by atoms with van der Waals surface area (Å²) in [7, 11) is 0. The van der Waals surface area contributed by atoms with Crippen molar-refractivity contribution in [1.29, 1.82) is 0 Å². The number of halogens is 1. The molecular weight excluding hydrogens is 794 g/mol. The van der Waals surface area contributed by atoms with Crippen molar-refractivity contribution in [3.63, 3.8) is 0 Å². The first-order valence-electron chi connectivity index (χ1n) is 24.0. The summed E-state index contributed by atoms with van der Waals surface area (Å²) in [6, 6.07) is 14.8. The quantitative estimate of drug-likeness (QED) is 0.251. The lowest BCUT2D eigenvalue weighted by atomic mass is 9.75. The average molecular weight is 860 g/mol. The zero-order valence-corrected chi connectivity index (χ0v) is 37.6. The third-order valence-electron chi connectivity index (χ3n) is 15.8. The number of anilines is 2. The van der Waals surface area contributed by atoms with E-state index in [1.165, 1.54) is 50.1 Å². The number of piperidine rings is 4. The van der Waals surface area contributed by atoms with Gasteiger partial charge < -0.3 is 19.6 Å². The maximum absolute atomic E-state index is 15.3. The number of likely N-dealkylation sites (tertiary alicyclic amines) is 2. The maximum atomic E-state index is 15.3. The number of piperazine rings is 1. The molecule has 3 aromatic rings. The van der Waals surface area contributed by atoms with Gasteiger partial charge in [-0.2, -0.15) is 0 Å². The summed E-state index contributed by atoms with van der Waals surface area (Å²) in [6.45, 7) is 17.2. The molecule has 1 N–H and O–H groups in total. The first-order valence-corrected chi connectivity index (χ1v) is 24.0. The first kappa shape index (κ1) is 42.5.